The molecule has 1 aliphatic rings. The summed E-state index contributed by atoms with van der Waals surface area (Å²) >= 11 is 0. The van der Waals surface area contributed by atoms with Crippen LogP contribution in [0, 0.1) is 5.92 Å². The predicted octanol–water partition coefficient (Wildman–Crippen LogP) is 3.18. The van der Waals surface area contributed by atoms with Crippen molar-refractivity contribution in [1.82, 2.24) is 4.90 Å². The van der Waals surface area contributed by atoms with Crippen molar-refractivity contribution in [2.24, 2.45) is 5.92 Å². The Morgan fingerprint density at radius 3 is 2.43 bits per heavy atom. The van der Waals surface area contributed by atoms with Gasteiger partial charge in [-0.15, -0.1) is 0 Å². The van der Waals surface area contributed by atoms with Gasteiger partial charge in [0.25, 0.3) is 5.91 Å². The Morgan fingerprint density at radius 2 is 1.73 bits per heavy atom. The number of carbonyl (C=O) groups excluding carboxylic acids is 3. The normalized spacial score (nSPS) is 17.9. The Morgan fingerprint density at radius 1 is 1.07 bits per heavy atom. The molecule has 0 unspecified atom stereocenters. The van der Waals surface area contributed by atoms with Gasteiger partial charge >= 0.3 is 5.97 Å². The van der Waals surface area contributed by atoms with Gasteiger partial charge in [0, 0.05) is 13.0 Å². The van der Waals surface area contributed by atoms with Crippen molar-refractivity contribution in [2.45, 2.75) is 32.4 Å². The van der Waals surface area contributed by atoms with Crippen molar-refractivity contribution in [3.8, 4) is 5.75 Å². The Bertz CT molecular complexity index is 915. The largest absolute Gasteiger partial charge is 0.495 e. The molecule has 0 spiro atoms. The Hall–Kier alpha value is -3.35. The first-order valence-corrected chi connectivity index (χ1v) is 9.89. The van der Waals surface area contributed by atoms with Gasteiger partial charge in [-0.1, -0.05) is 42.5 Å². The van der Waals surface area contributed by atoms with Crippen molar-refractivity contribution in [3.63, 3.8) is 0 Å². The molecule has 3 atom stereocenters. The van der Waals surface area contributed by atoms with Crippen molar-refractivity contribution in [1.29, 1.82) is 0 Å². The summed E-state index contributed by atoms with van der Waals surface area (Å²) in [4.78, 5) is 39.2. The number of esters is 1. The summed E-state index contributed by atoms with van der Waals surface area (Å²) in [7, 11) is 1.51. The Labute approximate surface area is 176 Å². The van der Waals surface area contributed by atoms with Crippen molar-refractivity contribution < 1.29 is 23.9 Å². The molecule has 158 valence electrons. The van der Waals surface area contributed by atoms with Crippen LogP contribution in [0.4, 0.5) is 5.69 Å². The van der Waals surface area contributed by atoms with Crippen LogP contribution in [0.2, 0.25) is 0 Å². The standard InChI is InChI=1S/C23H26N2O5/c1-15(17-9-5-4-6-10-17)25-14-18(13-21(25)26)23(28)30-16(2)22(27)24-19-11-7-8-12-20(19)29-3/h4-12,15-16,18H,13-14H2,1-3H3,(H,24,27)/t15-,16+,18+/m1/s1. The second kappa shape index (κ2) is 9.43. The minimum absolute atomic E-state index is 0.0802. The number of carbonyl (C=O) groups is 3. The topological polar surface area (TPSA) is 84.9 Å². The number of nitrogens with one attached hydrogen (secondary N) is 1. The number of amides is 2. The Kier molecular flexibility index (Phi) is 6.72. The molecular formula is C23H26N2O5. The zero-order valence-electron chi connectivity index (χ0n) is 17.3. The van der Waals surface area contributed by atoms with Gasteiger partial charge in [-0.25, -0.2) is 0 Å². The maximum absolute atomic E-state index is 12.6. The van der Waals surface area contributed by atoms with Gasteiger partial charge in [-0.05, 0) is 31.5 Å². The summed E-state index contributed by atoms with van der Waals surface area (Å²) in [6, 6.07) is 16.5. The fourth-order valence-corrected chi connectivity index (χ4v) is 3.48. The molecule has 0 radical (unpaired) electrons. The molecule has 0 aromatic heterocycles. The third kappa shape index (κ3) is 4.79. The highest BCUT2D eigenvalue weighted by Crippen LogP contribution is 2.29. The van der Waals surface area contributed by atoms with Crippen molar-refractivity contribution in [3.05, 3.63) is 60.2 Å². The third-order valence-electron chi connectivity index (χ3n) is 5.27. The summed E-state index contributed by atoms with van der Waals surface area (Å²) < 4.78 is 10.6. The lowest BCUT2D eigenvalue weighted by Gasteiger charge is -2.25. The van der Waals surface area contributed by atoms with E-state index >= 15 is 0 Å². The molecule has 0 saturated carbocycles. The zero-order valence-corrected chi connectivity index (χ0v) is 17.3. The average molecular weight is 410 g/mol. The number of rotatable bonds is 7. The predicted molar refractivity (Wildman–Crippen MR) is 112 cm³/mol. The molecule has 3 rings (SSSR count). The molecule has 1 aliphatic heterocycles. The highest BCUT2D eigenvalue weighted by molar-refractivity contribution is 5.96. The first-order chi connectivity index (χ1) is 14.4. The minimum atomic E-state index is -1.00. The van der Waals surface area contributed by atoms with Crippen molar-refractivity contribution in [2.75, 3.05) is 19.0 Å². The van der Waals surface area contributed by atoms with Crippen LogP contribution in [-0.2, 0) is 19.1 Å². The van der Waals surface area contributed by atoms with Crippen LogP contribution in [0.25, 0.3) is 0 Å². The number of hydrogen-bond donors (Lipinski definition) is 1. The van der Waals surface area contributed by atoms with E-state index in [1.54, 1.807) is 29.2 Å². The number of ether oxygens (including phenoxy) is 2. The molecule has 1 saturated heterocycles. The van der Waals surface area contributed by atoms with Crippen LogP contribution in [0.3, 0.4) is 0 Å². The number of benzene rings is 2. The number of nitrogens with zero attached hydrogens (tertiary/aromatic N) is 1. The van der Waals surface area contributed by atoms with E-state index in [0.29, 0.717) is 11.4 Å². The van der Waals surface area contributed by atoms with Crippen LogP contribution < -0.4 is 10.1 Å². The van der Waals surface area contributed by atoms with Gasteiger partial charge < -0.3 is 19.7 Å². The smallest absolute Gasteiger partial charge is 0.312 e. The summed E-state index contributed by atoms with van der Waals surface area (Å²) in [6.07, 6.45) is -0.922. The van der Waals surface area contributed by atoms with E-state index in [-0.39, 0.29) is 24.9 Å². The second-order valence-electron chi connectivity index (χ2n) is 7.30. The van der Waals surface area contributed by atoms with E-state index in [2.05, 4.69) is 5.32 Å². The minimum Gasteiger partial charge on any atom is -0.495 e. The van der Waals surface area contributed by atoms with Gasteiger partial charge in [0.2, 0.25) is 5.91 Å². The molecule has 7 nitrogen and oxygen atoms in total. The quantitative estimate of drug-likeness (QED) is 0.709. The monoisotopic (exact) mass is 410 g/mol. The first-order valence-electron chi connectivity index (χ1n) is 9.89. The molecule has 2 amide bonds. The number of para-hydroxylation sites is 2. The molecule has 0 aliphatic carbocycles. The van der Waals surface area contributed by atoms with E-state index in [1.807, 2.05) is 37.3 Å². The van der Waals surface area contributed by atoms with Gasteiger partial charge in [0.05, 0.1) is 24.8 Å². The maximum Gasteiger partial charge on any atom is 0.312 e. The van der Waals surface area contributed by atoms with E-state index in [0.717, 1.165) is 5.56 Å². The lowest BCUT2D eigenvalue weighted by atomic mass is 10.1. The van der Waals surface area contributed by atoms with Crippen LogP contribution in [-0.4, -0.2) is 42.4 Å². The molecule has 1 heterocycles. The highest BCUT2D eigenvalue weighted by Gasteiger charge is 2.38. The molecule has 30 heavy (non-hydrogen) atoms. The Balaban J connectivity index is 1.58. The van der Waals surface area contributed by atoms with E-state index in [1.165, 1.54) is 14.0 Å². The van der Waals surface area contributed by atoms with Gasteiger partial charge in [0.1, 0.15) is 5.75 Å². The fourth-order valence-electron chi connectivity index (χ4n) is 3.48. The maximum atomic E-state index is 12.6. The molecule has 0 bridgehead atoms. The van der Waals surface area contributed by atoms with Crippen LogP contribution in [0.15, 0.2) is 54.6 Å². The zero-order chi connectivity index (χ0) is 21.7. The van der Waals surface area contributed by atoms with Crippen LogP contribution in [0.5, 0.6) is 5.75 Å². The number of methoxy groups -OCH3 is 1. The number of anilines is 1. The lowest BCUT2D eigenvalue weighted by Crippen LogP contribution is -2.34. The summed E-state index contributed by atoms with van der Waals surface area (Å²) in [5.41, 5.74) is 1.50. The van der Waals surface area contributed by atoms with Gasteiger partial charge in [-0.3, -0.25) is 14.4 Å². The summed E-state index contributed by atoms with van der Waals surface area (Å²) in [6.45, 7) is 3.71. The fraction of sp³-hybridized carbons (Fsp3) is 0.348. The highest BCUT2D eigenvalue weighted by atomic mass is 16.5. The van der Waals surface area contributed by atoms with Gasteiger partial charge in [-0.2, -0.15) is 0 Å². The second-order valence-corrected chi connectivity index (χ2v) is 7.30. The van der Waals surface area contributed by atoms with Crippen molar-refractivity contribution >= 4 is 23.5 Å². The molecule has 1 N–H and O–H groups in total. The summed E-state index contributed by atoms with van der Waals surface area (Å²) in [5, 5.41) is 2.70. The number of hydrogen-bond acceptors (Lipinski definition) is 5. The molecule has 2 aromatic carbocycles. The average Bonchev–Trinajstić information content (AvgIpc) is 3.15. The molecule has 1 fully saturated rings. The van der Waals surface area contributed by atoms with E-state index in [4.69, 9.17) is 9.47 Å². The first kappa shape index (κ1) is 21.4. The van der Waals surface area contributed by atoms with E-state index < -0.39 is 23.9 Å². The third-order valence-corrected chi connectivity index (χ3v) is 5.27. The molecule has 7 heteroatoms. The number of likely N-dealkylation sites (tertiary alicyclic amines) is 1. The van der Waals surface area contributed by atoms with E-state index in [9.17, 15) is 14.4 Å². The van der Waals surface area contributed by atoms with Crippen LogP contribution in [0.1, 0.15) is 31.9 Å². The SMILES string of the molecule is COc1ccccc1NC(=O)[C@H](C)OC(=O)[C@H]1CC(=O)N([C@H](C)c2ccccc2)C1. The van der Waals surface area contributed by atoms with Gasteiger partial charge in [0.15, 0.2) is 6.10 Å². The molecule has 2 aromatic rings. The lowest BCUT2D eigenvalue weighted by molar-refractivity contribution is -0.157. The summed E-state index contributed by atoms with van der Waals surface area (Å²) in [5.74, 6) is -1.19. The molecular weight excluding hydrogens is 384 g/mol. The van der Waals surface area contributed by atoms with Crippen LogP contribution >= 0.6 is 0 Å².